The van der Waals surface area contributed by atoms with Gasteiger partial charge in [0.1, 0.15) is 17.5 Å². The molecule has 0 aliphatic rings. The molecule has 35 heavy (non-hydrogen) atoms. The molecule has 0 amide bonds. The van der Waals surface area contributed by atoms with Crippen LogP contribution in [0.5, 0.6) is 0 Å². The lowest BCUT2D eigenvalue weighted by molar-refractivity contribution is 0.627. The maximum atomic E-state index is 13.6. The highest BCUT2D eigenvalue weighted by atomic mass is 35.5. The summed E-state index contributed by atoms with van der Waals surface area (Å²) in [6, 6.07) is 19.7. The molecule has 0 bridgehead atoms. The zero-order chi connectivity index (χ0) is 24.6. The van der Waals surface area contributed by atoms with Crippen LogP contribution in [0.15, 0.2) is 83.0 Å². The minimum absolute atomic E-state index is 0.0238. The van der Waals surface area contributed by atoms with E-state index in [1.807, 2.05) is 30.3 Å². The van der Waals surface area contributed by atoms with E-state index in [1.54, 1.807) is 18.2 Å². The third kappa shape index (κ3) is 6.95. The van der Waals surface area contributed by atoms with Crippen LogP contribution in [-0.2, 0) is 0 Å². The van der Waals surface area contributed by atoms with Crippen LogP contribution in [0.25, 0.3) is 0 Å². The summed E-state index contributed by atoms with van der Waals surface area (Å²) in [5.74, 6) is -0.161. The smallest absolute Gasteiger partial charge is 0.247 e. The number of hydrogen-bond acceptors (Lipinski definition) is 7. The fraction of sp³-hybridized carbons (Fsp3) is 0. The van der Waals surface area contributed by atoms with Crippen molar-refractivity contribution in [3.8, 4) is 0 Å². The van der Waals surface area contributed by atoms with Crippen molar-refractivity contribution in [1.29, 1.82) is 0 Å². The molecule has 1 heterocycles. The van der Waals surface area contributed by atoms with E-state index in [2.05, 4.69) is 36.3 Å². The minimum Gasteiger partial charge on any atom is -0.340 e. The van der Waals surface area contributed by atoms with Crippen LogP contribution >= 0.6 is 23.2 Å². The van der Waals surface area contributed by atoms with Gasteiger partial charge in [-0.05, 0) is 47.5 Å². The Hall–Kier alpha value is -4.08. The Balaban J connectivity index is 1.53. The van der Waals surface area contributed by atoms with Crippen molar-refractivity contribution in [2.24, 2.45) is 10.2 Å². The van der Waals surface area contributed by atoms with Gasteiger partial charge < -0.3 is 5.32 Å². The molecule has 3 aromatic carbocycles. The molecule has 4 aromatic rings. The molecule has 0 saturated heterocycles. The SMILES string of the molecule is Fc1cc(C=NNc2cc(Nc3ccccc3)nc(NN=Cc3ccc(Cl)c(F)c3)n2)ccc1Cl. The Morgan fingerprint density at radius 2 is 1.26 bits per heavy atom. The summed E-state index contributed by atoms with van der Waals surface area (Å²) in [6.45, 7) is 0. The van der Waals surface area contributed by atoms with Crippen LogP contribution in [0.2, 0.25) is 10.0 Å². The van der Waals surface area contributed by atoms with Crippen molar-refractivity contribution in [3.63, 3.8) is 0 Å². The fourth-order valence-corrected chi connectivity index (χ4v) is 3.05. The number of nitrogens with one attached hydrogen (secondary N) is 3. The van der Waals surface area contributed by atoms with Crippen LogP contribution < -0.4 is 16.2 Å². The van der Waals surface area contributed by atoms with Gasteiger partial charge in [-0.15, -0.1) is 0 Å². The lowest BCUT2D eigenvalue weighted by atomic mass is 10.2. The van der Waals surface area contributed by atoms with E-state index < -0.39 is 11.6 Å². The normalized spacial score (nSPS) is 11.2. The first-order valence-electron chi connectivity index (χ1n) is 10.2. The molecule has 0 spiro atoms. The summed E-state index contributed by atoms with van der Waals surface area (Å²) in [6.07, 6.45) is 2.83. The Morgan fingerprint density at radius 1 is 0.686 bits per heavy atom. The summed E-state index contributed by atoms with van der Waals surface area (Å²) < 4.78 is 27.3. The van der Waals surface area contributed by atoms with Gasteiger partial charge in [0, 0.05) is 11.8 Å². The molecule has 3 N–H and O–H groups in total. The van der Waals surface area contributed by atoms with Gasteiger partial charge in [0.25, 0.3) is 0 Å². The molecular formula is C24H17Cl2F2N7. The van der Waals surface area contributed by atoms with E-state index in [9.17, 15) is 8.78 Å². The maximum absolute atomic E-state index is 13.6. The van der Waals surface area contributed by atoms with Crippen LogP contribution in [-0.4, -0.2) is 22.4 Å². The second-order valence-corrected chi connectivity index (χ2v) is 7.85. The molecule has 176 valence electrons. The topological polar surface area (TPSA) is 86.6 Å². The zero-order valence-electron chi connectivity index (χ0n) is 17.9. The highest BCUT2D eigenvalue weighted by molar-refractivity contribution is 6.31. The van der Waals surface area contributed by atoms with Crippen LogP contribution in [0.3, 0.4) is 0 Å². The molecular weight excluding hydrogens is 495 g/mol. The first kappa shape index (κ1) is 24.1. The average Bonchev–Trinajstić information content (AvgIpc) is 2.84. The van der Waals surface area contributed by atoms with Gasteiger partial charge in [-0.25, -0.2) is 14.2 Å². The number of aromatic nitrogens is 2. The number of halogens is 4. The molecule has 11 heteroatoms. The molecule has 0 aliphatic carbocycles. The molecule has 0 aliphatic heterocycles. The number of anilines is 4. The Morgan fingerprint density at radius 3 is 1.86 bits per heavy atom. The molecule has 0 fully saturated rings. The van der Waals surface area contributed by atoms with Gasteiger partial charge in [-0.2, -0.15) is 20.2 Å². The van der Waals surface area contributed by atoms with Gasteiger partial charge in [-0.3, -0.25) is 5.43 Å². The first-order valence-corrected chi connectivity index (χ1v) is 10.9. The third-order valence-corrected chi connectivity index (χ3v) is 5.04. The first-order chi connectivity index (χ1) is 17.0. The number of hydrogen-bond donors (Lipinski definition) is 3. The predicted molar refractivity (Wildman–Crippen MR) is 137 cm³/mol. The molecule has 0 radical (unpaired) electrons. The average molecular weight is 512 g/mol. The fourth-order valence-electron chi connectivity index (χ4n) is 2.81. The van der Waals surface area contributed by atoms with E-state index in [0.29, 0.717) is 22.8 Å². The summed E-state index contributed by atoms with van der Waals surface area (Å²) in [5, 5.41) is 11.4. The minimum atomic E-state index is -0.550. The quantitative estimate of drug-likeness (QED) is 0.181. The van der Waals surface area contributed by atoms with Crippen molar-refractivity contribution in [3.05, 3.63) is 106 Å². The highest BCUT2D eigenvalue weighted by Gasteiger charge is 2.06. The van der Waals surface area contributed by atoms with Crippen LogP contribution in [0.1, 0.15) is 11.1 Å². The van der Waals surface area contributed by atoms with Gasteiger partial charge in [0.05, 0.1) is 22.5 Å². The number of nitrogens with zero attached hydrogens (tertiary/aromatic N) is 4. The van der Waals surface area contributed by atoms with Gasteiger partial charge >= 0.3 is 0 Å². The van der Waals surface area contributed by atoms with Crippen molar-refractivity contribution < 1.29 is 8.78 Å². The van der Waals surface area contributed by atoms with E-state index in [-0.39, 0.29) is 16.0 Å². The standard InChI is InChI=1S/C24H17Cl2F2N7/c25-18-8-6-15(10-20(18)27)13-29-34-23-12-22(31-17-4-2-1-3-5-17)32-24(33-23)35-30-14-16-7-9-19(26)21(28)11-16/h1-14H,(H3,31,32,33,34,35). The summed E-state index contributed by atoms with van der Waals surface area (Å²) in [7, 11) is 0. The van der Waals surface area contributed by atoms with Crippen molar-refractivity contribution >= 4 is 58.9 Å². The van der Waals surface area contributed by atoms with E-state index in [0.717, 1.165) is 5.69 Å². The lowest BCUT2D eigenvalue weighted by Crippen LogP contribution is -2.04. The van der Waals surface area contributed by atoms with Crippen molar-refractivity contribution in [1.82, 2.24) is 9.97 Å². The molecule has 7 nitrogen and oxygen atoms in total. The molecule has 0 atom stereocenters. The molecule has 4 rings (SSSR count). The number of benzene rings is 3. The predicted octanol–water partition coefficient (Wildman–Crippen LogP) is 6.70. The molecule has 1 aromatic heterocycles. The maximum Gasteiger partial charge on any atom is 0.247 e. The second-order valence-electron chi connectivity index (χ2n) is 7.04. The van der Waals surface area contributed by atoms with Crippen LogP contribution in [0, 0.1) is 11.6 Å². The van der Waals surface area contributed by atoms with E-state index in [1.165, 1.54) is 36.7 Å². The van der Waals surface area contributed by atoms with E-state index in [4.69, 9.17) is 23.2 Å². The summed E-state index contributed by atoms with van der Waals surface area (Å²) in [5.41, 5.74) is 7.31. The molecule has 0 saturated carbocycles. The number of rotatable bonds is 8. The number of hydrazone groups is 2. The summed E-state index contributed by atoms with van der Waals surface area (Å²) >= 11 is 11.4. The monoisotopic (exact) mass is 511 g/mol. The van der Waals surface area contributed by atoms with Crippen molar-refractivity contribution in [2.75, 3.05) is 16.2 Å². The zero-order valence-corrected chi connectivity index (χ0v) is 19.4. The number of para-hydroxylation sites is 1. The Bertz CT molecular complexity index is 1300. The third-order valence-electron chi connectivity index (χ3n) is 4.43. The second kappa shape index (κ2) is 11.4. The van der Waals surface area contributed by atoms with Gasteiger partial charge in [0.2, 0.25) is 5.95 Å². The Labute approximate surface area is 209 Å². The highest BCUT2D eigenvalue weighted by Crippen LogP contribution is 2.20. The van der Waals surface area contributed by atoms with Crippen molar-refractivity contribution in [2.45, 2.75) is 0 Å². The molecule has 0 unspecified atom stereocenters. The van der Waals surface area contributed by atoms with E-state index >= 15 is 0 Å². The lowest BCUT2D eigenvalue weighted by Gasteiger charge is -2.09. The van der Waals surface area contributed by atoms with Gasteiger partial charge in [0.15, 0.2) is 5.82 Å². The van der Waals surface area contributed by atoms with Crippen LogP contribution in [0.4, 0.5) is 32.1 Å². The van der Waals surface area contributed by atoms with Gasteiger partial charge in [-0.1, -0.05) is 53.5 Å². The largest absolute Gasteiger partial charge is 0.340 e. The Kier molecular flexibility index (Phi) is 7.81. The summed E-state index contributed by atoms with van der Waals surface area (Å²) in [4.78, 5) is 8.69.